The van der Waals surface area contributed by atoms with Crippen molar-refractivity contribution in [3.63, 3.8) is 0 Å². The summed E-state index contributed by atoms with van der Waals surface area (Å²) in [6, 6.07) is 17.6. The van der Waals surface area contributed by atoms with Crippen LogP contribution in [0.3, 0.4) is 0 Å². The van der Waals surface area contributed by atoms with Gasteiger partial charge in [0, 0.05) is 6.04 Å². The Bertz CT molecular complexity index is 832. The van der Waals surface area contributed by atoms with Crippen molar-refractivity contribution in [2.45, 2.75) is 39.7 Å². The zero-order valence-corrected chi connectivity index (χ0v) is 17.7. The van der Waals surface area contributed by atoms with E-state index in [2.05, 4.69) is 5.32 Å². The summed E-state index contributed by atoms with van der Waals surface area (Å²) in [6.45, 7) is 5.56. The summed E-state index contributed by atoms with van der Waals surface area (Å²) in [5.74, 6) is -2.47. The van der Waals surface area contributed by atoms with Crippen molar-refractivity contribution >= 4 is 17.8 Å². The zero-order chi connectivity index (χ0) is 21.9. The van der Waals surface area contributed by atoms with E-state index in [4.69, 9.17) is 9.47 Å². The number of amides is 1. The molecule has 2 aromatic carbocycles. The number of hydrogen-bond acceptors (Lipinski definition) is 5. The number of carbonyl (C=O) groups is 3. The lowest BCUT2D eigenvalue weighted by Crippen LogP contribution is -2.42. The second-order valence-electron chi connectivity index (χ2n) is 7.05. The molecule has 0 aromatic heterocycles. The normalized spacial score (nSPS) is 12.5. The van der Waals surface area contributed by atoms with Gasteiger partial charge in [0.1, 0.15) is 0 Å². The van der Waals surface area contributed by atoms with Crippen molar-refractivity contribution in [1.29, 1.82) is 0 Å². The highest BCUT2D eigenvalue weighted by molar-refractivity contribution is 6.32. The molecule has 0 heterocycles. The van der Waals surface area contributed by atoms with Crippen LogP contribution in [0.1, 0.15) is 32.8 Å². The molecular formula is C24H29NO5. The first kappa shape index (κ1) is 23.1. The Morgan fingerprint density at radius 1 is 0.867 bits per heavy atom. The maximum Gasteiger partial charge on any atom is 0.396 e. The van der Waals surface area contributed by atoms with Crippen LogP contribution in [0.5, 0.6) is 0 Å². The number of ether oxygens (including phenoxy) is 2. The fraction of sp³-hybridized carbons (Fsp3) is 0.375. The van der Waals surface area contributed by atoms with Crippen LogP contribution in [0, 0.1) is 5.92 Å². The van der Waals surface area contributed by atoms with Gasteiger partial charge in [-0.25, -0.2) is 4.79 Å². The van der Waals surface area contributed by atoms with E-state index in [0.717, 1.165) is 16.7 Å². The highest BCUT2D eigenvalue weighted by atomic mass is 16.5. The first-order valence-corrected chi connectivity index (χ1v) is 10.2. The highest BCUT2D eigenvalue weighted by Gasteiger charge is 2.24. The van der Waals surface area contributed by atoms with Gasteiger partial charge in [-0.05, 0) is 43.4 Å². The van der Waals surface area contributed by atoms with Gasteiger partial charge in [0.05, 0.1) is 19.1 Å². The first-order valence-electron chi connectivity index (χ1n) is 10.2. The van der Waals surface area contributed by atoms with Crippen molar-refractivity contribution in [1.82, 2.24) is 5.32 Å². The molecule has 6 nitrogen and oxygen atoms in total. The number of nitrogens with one attached hydrogen (secondary N) is 1. The van der Waals surface area contributed by atoms with E-state index < -0.39 is 23.8 Å². The number of rotatable bonds is 9. The Kier molecular flexibility index (Phi) is 9.06. The summed E-state index contributed by atoms with van der Waals surface area (Å²) in [4.78, 5) is 35.9. The molecule has 0 aliphatic rings. The molecule has 1 amide bonds. The lowest BCUT2D eigenvalue weighted by Gasteiger charge is -2.21. The van der Waals surface area contributed by atoms with Crippen LogP contribution in [0.15, 0.2) is 54.6 Å². The minimum atomic E-state index is -0.925. The Morgan fingerprint density at radius 3 is 2.07 bits per heavy atom. The molecular weight excluding hydrogens is 382 g/mol. The Morgan fingerprint density at radius 2 is 1.47 bits per heavy atom. The van der Waals surface area contributed by atoms with Crippen molar-refractivity contribution in [3.05, 3.63) is 60.2 Å². The van der Waals surface area contributed by atoms with E-state index in [9.17, 15) is 14.4 Å². The van der Waals surface area contributed by atoms with Gasteiger partial charge in [0.2, 0.25) is 0 Å². The standard InChI is InChI=1S/C24H29NO5/c1-4-29-23(27)17(3)15-21(25-22(26)24(28)30-5-2)16-18-11-13-20(14-12-18)19-9-7-6-8-10-19/h6-14,17,21H,4-5,15-16H2,1-3H3,(H,25,26)/t17-,21?/m1/s1. The fourth-order valence-electron chi connectivity index (χ4n) is 3.19. The molecule has 1 unspecified atom stereocenters. The third kappa shape index (κ3) is 7.03. The third-order valence-electron chi connectivity index (χ3n) is 4.67. The Balaban J connectivity index is 2.11. The average molecular weight is 411 g/mol. The van der Waals surface area contributed by atoms with Gasteiger partial charge in [0.15, 0.2) is 0 Å². The summed E-state index contributed by atoms with van der Waals surface area (Å²) in [5.41, 5.74) is 3.19. The summed E-state index contributed by atoms with van der Waals surface area (Å²) < 4.78 is 9.84. The van der Waals surface area contributed by atoms with Crippen molar-refractivity contribution in [2.75, 3.05) is 13.2 Å². The van der Waals surface area contributed by atoms with Gasteiger partial charge < -0.3 is 14.8 Å². The maximum absolute atomic E-state index is 12.1. The Hall–Kier alpha value is -3.15. The second kappa shape index (κ2) is 11.8. The van der Waals surface area contributed by atoms with Crippen LogP contribution in [-0.2, 0) is 30.3 Å². The second-order valence-corrected chi connectivity index (χ2v) is 7.05. The van der Waals surface area contributed by atoms with Gasteiger partial charge in [-0.15, -0.1) is 0 Å². The van der Waals surface area contributed by atoms with Gasteiger partial charge in [-0.1, -0.05) is 61.5 Å². The predicted molar refractivity (Wildman–Crippen MR) is 115 cm³/mol. The van der Waals surface area contributed by atoms with Gasteiger partial charge in [0.25, 0.3) is 0 Å². The molecule has 2 atom stereocenters. The van der Waals surface area contributed by atoms with Crippen LogP contribution < -0.4 is 5.32 Å². The lowest BCUT2D eigenvalue weighted by atomic mass is 9.95. The van der Waals surface area contributed by atoms with E-state index in [1.807, 2.05) is 54.6 Å². The summed E-state index contributed by atoms with van der Waals surface area (Å²) >= 11 is 0. The molecule has 2 aromatic rings. The minimum absolute atomic E-state index is 0.122. The smallest absolute Gasteiger partial charge is 0.396 e. The zero-order valence-electron chi connectivity index (χ0n) is 17.7. The van der Waals surface area contributed by atoms with E-state index in [1.165, 1.54) is 0 Å². The fourth-order valence-corrected chi connectivity index (χ4v) is 3.19. The van der Waals surface area contributed by atoms with E-state index in [-0.39, 0.29) is 12.6 Å². The molecule has 0 spiro atoms. The average Bonchev–Trinajstić information content (AvgIpc) is 2.75. The SMILES string of the molecule is CCOC(=O)C(=O)NC(Cc1ccc(-c2ccccc2)cc1)C[C@@H](C)C(=O)OCC. The molecule has 0 fully saturated rings. The molecule has 0 aliphatic heterocycles. The van der Waals surface area contributed by atoms with Crippen molar-refractivity contribution in [3.8, 4) is 11.1 Å². The van der Waals surface area contributed by atoms with E-state index in [1.54, 1.807) is 20.8 Å². The molecule has 0 saturated carbocycles. The summed E-state index contributed by atoms with van der Waals surface area (Å²) in [7, 11) is 0. The first-order chi connectivity index (χ1) is 14.4. The quantitative estimate of drug-likeness (QED) is 0.504. The van der Waals surface area contributed by atoms with Gasteiger partial charge >= 0.3 is 17.8 Å². The molecule has 6 heteroatoms. The third-order valence-corrected chi connectivity index (χ3v) is 4.67. The van der Waals surface area contributed by atoms with Gasteiger partial charge in [-0.3, -0.25) is 9.59 Å². The summed E-state index contributed by atoms with van der Waals surface area (Å²) in [6.07, 6.45) is 0.828. The number of benzene rings is 2. The lowest BCUT2D eigenvalue weighted by molar-refractivity contribution is -0.155. The van der Waals surface area contributed by atoms with Crippen LogP contribution >= 0.6 is 0 Å². The Labute approximate surface area is 177 Å². The van der Waals surface area contributed by atoms with Crippen molar-refractivity contribution in [2.24, 2.45) is 5.92 Å². The molecule has 1 N–H and O–H groups in total. The number of esters is 2. The molecule has 2 rings (SSSR count). The van der Waals surface area contributed by atoms with Crippen LogP contribution in [0.4, 0.5) is 0 Å². The van der Waals surface area contributed by atoms with E-state index >= 15 is 0 Å². The number of carbonyl (C=O) groups excluding carboxylic acids is 3. The van der Waals surface area contributed by atoms with Crippen LogP contribution in [-0.4, -0.2) is 37.1 Å². The van der Waals surface area contributed by atoms with Crippen LogP contribution in [0.25, 0.3) is 11.1 Å². The molecule has 0 aliphatic carbocycles. The minimum Gasteiger partial charge on any atom is -0.466 e. The highest BCUT2D eigenvalue weighted by Crippen LogP contribution is 2.21. The van der Waals surface area contributed by atoms with E-state index in [0.29, 0.717) is 19.4 Å². The topological polar surface area (TPSA) is 81.7 Å². The summed E-state index contributed by atoms with van der Waals surface area (Å²) in [5, 5.41) is 2.70. The van der Waals surface area contributed by atoms with Crippen LogP contribution in [0.2, 0.25) is 0 Å². The van der Waals surface area contributed by atoms with Crippen molar-refractivity contribution < 1.29 is 23.9 Å². The largest absolute Gasteiger partial charge is 0.466 e. The number of hydrogen-bond donors (Lipinski definition) is 1. The maximum atomic E-state index is 12.1. The molecule has 0 saturated heterocycles. The molecule has 0 bridgehead atoms. The van der Waals surface area contributed by atoms with Gasteiger partial charge in [-0.2, -0.15) is 0 Å². The predicted octanol–water partition coefficient (Wildman–Crippen LogP) is 3.53. The molecule has 30 heavy (non-hydrogen) atoms. The monoisotopic (exact) mass is 411 g/mol. The molecule has 160 valence electrons. The molecule has 0 radical (unpaired) electrons.